The molecule has 0 fully saturated rings. The van der Waals surface area contributed by atoms with E-state index >= 15 is 0 Å². The van der Waals surface area contributed by atoms with Crippen molar-refractivity contribution in [1.29, 1.82) is 0 Å². The number of hydrogen-bond acceptors (Lipinski definition) is 5. The molecule has 1 aromatic carbocycles. The number of hydroxylamine groups is 1. The molecule has 1 rings (SSSR count). The van der Waals surface area contributed by atoms with Gasteiger partial charge in [-0.05, 0) is 12.1 Å². The second kappa shape index (κ2) is 6.14. The summed E-state index contributed by atoms with van der Waals surface area (Å²) in [5.74, 6) is -0.636. The lowest BCUT2D eigenvalue weighted by atomic mass is 10.2. The van der Waals surface area contributed by atoms with Crippen molar-refractivity contribution in [2.24, 2.45) is 5.73 Å². The number of amides is 1. The molecule has 0 aliphatic rings. The molecular formula is C9H10ClN3O4. The lowest BCUT2D eigenvalue weighted by molar-refractivity contribution is -0.385. The molecule has 0 heterocycles. The van der Waals surface area contributed by atoms with Crippen molar-refractivity contribution in [3.05, 3.63) is 38.9 Å². The highest BCUT2D eigenvalue weighted by atomic mass is 35.5. The predicted molar refractivity (Wildman–Crippen MR) is 60.1 cm³/mol. The van der Waals surface area contributed by atoms with Crippen LogP contribution in [0.25, 0.3) is 0 Å². The van der Waals surface area contributed by atoms with Gasteiger partial charge in [-0.25, -0.2) is 0 Å². The Labute approximate surface area is 102 Å². The Morgan fingerprint density at radius 3 is 2.88 bits per heavy atom. The van der Waals surface area contributed by atoms with Gasteiger partial charge in [0, 0.05) is 16.7 Å². The number of benzene rings is 1. The molecule has 0 unspecified atom stereocenters. The number of nitro groups is 1. The van der Waals surface area contributed by atoms with E-state index in [4.69, 9.17) is 17.3 Å². The molecule has 0 radical (unpaired) electrons. The van der Waals surface area contributed by atoms with Crippen molar-refractivity contribution >= 4 is 23.2 Å². The van der Waals surface area contributed by atoms with Crippen molar-refractivity contribution in [2.45, 2.75) is 6.54 Å². The van der Waals surface area contributed by atoms with Crippen LogP contribution in [-0.4, -0.2) is 17.4 Å². The molecule has 17 heavy (non-hydrogen) atoms. The van der Waals surface area contributed by atoms with Gasteiger partial charge in [0.2, 0.25) is 5.91 Å². The molecule has 92 valence electrons. The minimum Gasteiger partial charge on any atom is -0.368 e. The van der Waals surface area contributed by atoms with Gasteiger partial charge in [0.15, 0.2) is 0 Å². The summed E-state index contributed by atoms with van der Waals surface area (Å²) >= 11 is 5.65. The molecule has 0 aliphatic carbocycles. The number of carbonyl (C=O) groups is 1. The van der Waals surface area contributed by atoms with E-state index in [0.29, 0.717) is 5.56 Å². The molecule has 8 heteroatoms. The number of rotatable bonds is 6. The number of nitrogens with two attached hydrogens (primary N) is 1. The average molecular weight is 260 g/mol. The molecular weight excluding hydrogens is 250 g/mol. The van der Waals surface area contributed by atoms with Gasteiger partial charge in [-0.1, -0.05) is 11.6 Å². The number of carbonyl (C=O) groups excluding carboxylic acids is 1. The van der Waals surface area contributed by atoms with E-state index in [1.54, 1.807) is 0 Å². The van der Waals surface area contributed by atoms with Gasteiger partial charge in [-0.3, -0.25) is 19.7 Å². The van der Waals surface area contributed by atoms with Gasteiger partial charge in [-0.15, -0.1) is 0 Å². The van der Waals surface area contributed by atoms with Gasteiger partial charge >= 0.3 is 0 Å². The van der Waals surface area contributed by atoms with E-state index in [9.17, 15) is 14.9 Å². The van der Waals surface area contributed by atoms with Crippen LogP contribution in [0.3, 0.4) is 0 Å². The average Bonchev–Trinajstić information content (AvgIpc) is 2.25. The number of nitrogens with zero attached hydrogens (tertiary/aromatic N) is 1. The highest BCUT2D eigenvalue weighted by molar-refractivity contribution is 6.30. The smallest absolute Gasteiger partial charge is 0.275 e. The predicted octanol–water partition coefficient (Wildman–Crippen LogP) is 0.755. The Balaban J connectivity index is 2.64. The largest absolute Gasteiger partial charge is 0.368 e. The topological polar surface area (TPSA) is 107 Å². The standard InChI is InChI=1S/C9H10ClN3O4/c10-7-2-1-6(8(3-7)13(15)16)4-12-17-5-9(11)14/h1-3,12H,4-5H2,(H2,11,14). The zero-order valence-corrected chi connectivity index (χ0v) is 9.44. The van der Waals surface area contributed by atoms with Crippen LogP contribution in [0.2, 0.25) is 5.02 Å². The molecule has 0 saturated heterocycles. The van der Waals surface area contributed by atoms with Gasteiger partial charge < -0.3 is 5.73 Å². The van der Waals surface area contributed by atoms with Crippen LogP contribution in [0.15, 0.2) is 18.2 Å². The van der Waals surface area contributed by atoms with Crippen LogP contribution in [0.1, 0.15) is 5.56 Å². The molecule has 0 aromatic heterocycles. The maximum atomic E-state index is 10.7. The number of nitro benzene ring substituents is 1. The van der Waals surface area contributed by atoms with Crippen molar-refractivity contribution in [3.8, 4) is 0 Å². The first kappa shape index (κ1) is 13.4. The van der Waals surface area contributed by atoms with Crippen LogP contribution >= 0.6 is 11.6 Å². The van der Waals surface area contributed by atoms with E-state index in [1.165, 1.54) is 18.2 Å². The molecule has 0 saturated carbocycles. The summed E-state index contributed by atoms with van der Waals surface area (Å²) in [6, 6.07) is 4.27. The molecule has 7 nitrogen and oxygen atoms in total. The minimum absolute atomic E-state index is 0.0702. The molecule has 1 amide bonds. The van der Waals surface area contributed by atoms with E-state index in [1.807, 2.05) is 0 Å². The third kappa shape index (κ3) is 4.35. The van der Waals surface area contributed by atoms with Crippen LogP contribution in [-0.2, 0) is 16.2 Å². The SMILES string of the molecule is NC(=O)CONCc1ccc(Cl)cc1[N+](=O)[O-]. The van der Waals surface area contributed by atoms with Crippen LogP contribution in [0.4, 0.5) is 5.69 Å². The summed E-state index contributed by atoms with van der Waals surface area (Å²) in [4.78, 5) is 25.2. The third-order valence-corrected chi connectivity index (χ3v) is 2.06. The quantitative estimate of drug-likeness (QED) is 0.445. The fourth-order valence-electron chi connectivity index (χ4n) is 1.11. The highest BCUT2D eigenvalue weighted by Gasteiger charge is 2.13. The number of hydrogen-bond donors (Lipinski definition) is 2. The van der Waals surface area contributed by atoms with E-state index in [-0.39, 0.29) is 23.9 Å². The normalized spacial score (nSPS) is 10.2. The maximum absolute atomic E-state index is 10.7. The maximum Gasteiger partial charge on any atom is 0.275 e. The summed E-state index contributed by atoms with van der Waals surface area (Å²) in [7, 11) is 0. The molecule has 1 aromatic rings. The first-order chi connectivity index (χ1) is 8.00. The molecule has 0 aliphatic heterocycles. The van der Waals surface area contributed by atoms with Crippen molar-refractivity contribution in [2.75, 3.05) is 6.61 Å². The van der Waals surface area contributed by atoms with Gasteiger partial charge in [-0.2, -0.15) is 5.48 Å². The first-order valence-corrected chi connectivity index (χ1v) is 4.94. The van der Waals surface area contributed by atoms with Crippen LogP contribution in [0.5, 0.6) is 0 Å². The number of primary amides is 1. The molecule has 0 atom stereocenters. The molecule has 3 N–H and O–H groups in total. The summed E-state index contributed by atoms with van der Waals surface area (Å²) in [6.07, 6.45) is 0. The summed E-state index contributed by atoms with van der Waals surface area (Å²) in [6.45, 7) is -0.234. The number of halogens is 1. The summed E-state index contributed by atoms with van der Waals surface area (Å²) in [5.41, 5.74) is 7.51. The highest BCUT2D eigenvalue weighted by Crippen LogP contribution is 2.22. The Hall–Kier alpha value is -1.70. The van der Waals surface area contributed by atoms with Crippen LogP contribution < -0.4 is 11.2 Å². The fourth-order valence-corrected chi connectivity index (χ4v) is 1.27. The van der Waals surface area contributed by atoms with E-state index < -0.39 is 10.8 Å². The first-order valence-electron chi connectivity index (χ1n) is 4.56. The number of nitrogens with one attached hydrogen (secondary N) is 1. The lowest BCUT2D eigenvalue weighted by Crippen LogP contribution is -2.24. The lowest BCUT2D eigenvalue weighted by Gasteiger charge is -2.05. The van der Waals surface area contributed by atoms with Gasteiger partial charge in [0.1, 0.15) is 6.61 Å². The van der Waals surface area contributed by atoms with Gasteiger partial charge in [0.25, 0.3) is 5.69 Å². The second-order valence-corrected chi connectivity index (χ2v) is 3.54. The monoisotopic (exact) mass is 259 g/mol. The van der Waals surface area contributed by atoms with E-state index in [0.717, 1.165) is 0 Å². The Kier molecular flexibility index (Phi) is 4.83. The van der Waals surface area contributed by atoms with Crippen molar-refractivity contribution < 1.29 is 14.6 Å². The summed E-state index contributed by atoms with van der Waals surface area (Å²) in [5, 5.41) is 11.0. The Bertz CT molecular complexity index is 438. The zero-order valence-electron chi connectivity index (χ0n) is 8.68. The Morgan fingerprint density at radius 2 is 2.29 bits per heavy atom. The van der Waals surface area contributed by atoms with Crippen LogP contribution in [0, 0.1) is 10.1 Å². The van der Waals surface area contributed by atoms with E-state index in [2.05, 4.69) is 10.3 Å². The summed E-state index contributed by atoms with van der Waals surface area (Å²) < 4.78 is 0. The van der Waals surface area contributed by atoms with Gasteiger partial charge in [0.05, 0.1) is 11.5 Å². The van der Waals surface area contributed by atoms with Crippen molar-refractivity contribution in [1.82, 2.24) is 5.48 Å². The zero-order chi connectivity index (χ0) is 12.8. The molecule has 0 spiro atoms. The second-order valence-electron chi connectivity index (χ2n) is 3.11. The fraction of sp³-hybridized carbons (Fsp3) is 0.222. The Morgan fingerprint density at radius 1 is 1.59 bits per heavy atom. The van der Waals surface area contributed by atoms with Crippen molar-refractivity contribution in [3.63, 3.8) is 0 Å². The molecule has 0 bridgehead atoms. The minimum atomic E-state index is -0.636. The third-order valence-electron chi connectivity index (χ3n) is 1.82.